The molecule has 1 unspecified atom stereocenters. The molecule has 6 rings (SSSR count). The molecule has 0 bridgehead atoms. The Bertz CT molecular complexity index is 2050. The number of halogens is 1. The Morgan fingerprint density at radius 2 is 1.86 bits per heavy atom. The second kappa shape index (κ2) is 15.9. The van der Waals surface area contributed by atoms with Gasteiger partial charge >= 0.3 is 5.97 Å². The molecule has 1 atom stereocenters. The fraction of sp³-hybridized carbons (Fsp3) is 0.316. The summed E-state index contributed by atoms with van der Waals surface area (Å²) in [5, 5.41) is 27.7. The average Bonchev–Trinajstić information content (AvgIpc) is 3.89. The van der Waals surface area contributed by atoms with Crippen LogP contribution in [0.25, 0.3) is 33.1 Å². The molecule has 5 aromatic rings. The van der Waals surface area contributed by atoms with Crippen LogP contribution in [0.1, 0.15) is 66.5 Å². The number of carbonyl (C=O) groups is 1. The predicted molar refractivity (Wildman–Crippen MR) is 193 cm³/mol. The Morgan fingerprint density at radius 1 is 1.10 bits per heavy atom. The number of thiazole rings is 1. The molecule has 1 aliphatic heterocycles. The minimum atomic E-state index is -0.587. The van der Waals surface area contributed by atoms with Crippen LogP contribution in [0.4, 0.5) is 4.39 Å². The number of aromatic amines is 1. The zero-order valence-electron chi connectivity index (χ0n) is 28.9. The third-order valence-corrected chi connectivity index (χ3v) is 9.66. The van der Waals surface area contributed by atoms with Crippen LogP contribution in [0.2, 0.25) is 0 Å². The first-order valence-electron chi connectivity index (χ1n) is 16.9. The Labute approximate surface area is 300 Å². The summed E-state index contributed by atoms with van der Waals surface area (Å²) < 4.78 is 27.0. The lowest BCUT2D eigenvalue weighted by Gasteiger charge is -2.29. The number of aryl methyl sites for hydroxylation is 1. The topological polar surface area (TPSA) is 142 Å². The molecule has 0 spiro atoms. The second-order valence-corrected chi connectivity index (χ2v) is 13.7. The van der Waals surface area contributed by atoms with Crippen LogP contribution in [0.15, 0.2) is 78.4 Å². The smallest absolute Gasteiger partial charge is 0.350 e. The molecule has 0 fully saturated rings. The Hall–Kier alpha value is -5.61. The third kappa shape index (κ3) is 8.07. The van der Waals surface area contributed by atoms with Gasteiger partial charge in [-0.2, -0.15) is 14.9 Å². The normalized spacial score (nSPS) is 14.1. The number of tetrazole rings is 1. The maximum atomic E-state index is 15.5. The van der Waals surface area contributed by atoms with Crippen molar-refractivity contribution in [3.05, 3.63) is 100 Å². The largest absolute Gasteiger partial charge is 0.492 e. The second-order valence-electron chi connectivity index (χ2n) is 12.7. The molecule has 3 aromatic carbocycles. The summed E-state index contributed by atoms with van der Waals surface area (Å²) in [5.74, 6) is 0.244. The van der Waals surface area contributed by atoms with E-state index in [4.69, 9.17) is 9.47 Å². The highest BCUT2D eigenvalue weighted by molar-refractivity contribution is 7.17. The molecule has 1 aliphatic rings. The van der Waals surface area contributed by atoms with E-state index in [1.807, 2.05) is 73.3 Å². The van der Waals surface area contributed by atoms with Crippen LogP contribution in [-0.4, -0.2) is 55.9 Å². The van der Waals surface area contributed by atoms with Gasteiger partial charge in [0.1, 0.15) is 40.2 Å². The molecular formula is C38H39FN8O3S. The van der Waals surface area contributed by atoms with Crippen molar-refractivity contribution in [1.29, 1.82) is 5.26 Å². The van der Waals surface area contributed by atoms with Gasteiger partial charge in [-0.1, -0.05) is 75.7 Å². The number of nitrogens with one attached hydrogen (secondary N) is 2. The number of nitrogens with zero attached hydrogens (tertiary/aromatic N) is 6. The maximum Gasteiger partial charge on any atom is 0.350 e. The molecule has 0 saturated heterocycles. The first-order valence-corrected chi connectivity index (χ1v) is 17.7. The maximum absolute atomic E-state index is 15.5. The Balaban J connectivity index is 1.16. The van der Waals surface area contributed by atoms with Crippen molar-refractivity contribution in [2.24, 2.45) is 5.92 Å². The molecular weight excluding hydrogens is 668 g/mol. The molecule has 2 N–H and O–H groups in total. The summed E-state index contributed by atoms with van der Waals surface area (Å²) in [7, 11) is 0. The summed E-state index contributed by atoms with van der Waals surface area (Å²) in [4.78, 5) is 20.2. The van der Waals surface area contributed by atoms with E-state index in [-0.39, 0.29) is 18.5 Å². The molecule has 13 heteroatoms. The van der Waals surface area contributed by atoms with Crippen molar-refractivity contribution in [1.82, 2.24) is 35.8 Å². The lowest BCUT2D eigenvalue weighted by Crippen LogP contribution is -2.37. The lowest BCUT2D eigenvalue weighted by atomic mass is 9.98. The van der Waals surface area contributed by atoms with Gasteiger partial charge in [0.05, 0.1) is 17.9 Å². The summed E-state index contributed by atoms with van der Waals surface area (Å²) >= 11 is 1.17. The summed E-state index contributed by atoms with van der Waals surface area (Å²) in [6.45, 7) is 8.57. The standard InChI is InChI=1S/C38H39FN8O3S/c1-5-6-11-33-42-35(39)31(47(33)20-25-12-14-26(15-13-25)29-9-7-8-10-30(29)36-43-45-46-44-36)22-50-38(48)34-24(4)41-37(51-34)27-16-17-32(28(18-27)19-40)49-21-23(2)3/h7-10,12-18,23,33,42H,5-6,11,20-22H2,1-4H3,(H,43,44,45,46). The Morgan fingerprint density at radius 3 is 2.57 bits per heavy atom. The van der Waals surface area contributed by atoms with Crippen LogP contribution in [-0.2, 0) is 11.3 Å². The molecule has 11 nitrogen and oxygen atoms in total. The van der Waals surface area contributed by atoms with Gasteiger partial charge in [-0.3, -0.25) is 0 Å². The average molecular weight is 707 g/mol. The SMILES string of the molecule is CCCCC1NC(F)=C(COC(=O)c2sc(-c3ccc(OCC(C)C)c(C#N)c3)nc2C)N1Cc1ccc(-c2ccccc2-c2nn[nH]n2)cc1. The van der Waals surface area contributed by atoms with Crippen molar-refractivity contribution in [2.45, 2.75) is 59.7 Å². The number of carbonyl (C=O) groups excluding carboxylic acids is 1. The number of ether oxygens (including phenoxy) is 2. The van der Waals surface area contributed by atoms with Crippen LogP contribution in [0, 0.1) is 24.2 Å². The van der Waals surface area contributed by atoms with Crippen LogP contribution < -0.4 is 10.1 Å². The minimum absolute atomic E-state index is 0.246. The number of rotatable bonds is 14. The van der Waals surface area contributed by atoms with Crippen molar-refractivity contribution in [2.75, 3.05) is 13.2 Å². The van der Waals surface area contributed by atoms with Crippen LogP contribution in [0.3, 0.4) is 0 Å². The van der Waals surface area contributed by atoms with E-state index in [9.17, 15) is 10.1 Å². The van der Waals surface area contributed by atoms with Gasteiger partial charge in [0.25, 0.3) is 0 Å². The zero-order valence-corrected chi connectivity index (χ0v) is 29.8. The third-order valence-electron chi connectivity index (χ3n) is 8.47. The number of esters is 1. The van der Waals surface area contributed by atoms with Crippen molar-refractivity contribution >= 4 is 17.3 Å². The van der Waals surface area contributed by atoms with Gasteiger partial charge in [-0.25, -0.2) is 9.78 Å². The number of unbranched alkanes of at least 4 members (excludes halogenated alkanes) is 1. The van der Waals surface area contributed by atoms with E-state index in [2.05, 4.69) is 43.9 Å². The fourth-order valence-corrected chi connectivity index (χ4v) is 6.79. The fourth-order valence-electron chi connectivity index (χ4n) is 5.83. The van der Waals surface area contributed by atoms with E-state index in [1.54, 1.807) is 19.1 Å². The van der Waals surface area contributed by atoms with Gasteiger partial charge in [-0.05, 0) is 65.8 Å². The minimum Gasteiger partial charge on any atom is -0.492 e. The molecule has 3 heterocycles. The molecule has 0 radical (unpaired) electrons. The van der Waals surface area contributed by atoms with E-state index in [0.717, 1.165) is 41.5 Å². The van der Waals surface area contributed by atoms with Crippen LogP contribution in [0.5, 0.6) is 5.75 Å². The molecule has 0 amide bonds. The van der Waals surface area contributed by atoms with Crippen molar-refractivity contribution < 1.29 is 18.7 Å². The van der Waals surface area contributed by atoms with Gasteiger partial charge in [0.15, 0.2) is 0 Å². The zero-order chi connectivity index (χ0) is 35.9. The van der Waals surface area contributed by atoms with Gasteiger partial charge < -0.3 is 19.7 Å². The molecule has 262 valence electrons. The van der Waals surface area contributed by atoms with E-state index >= 15 is 4.39 Å². The Kier molecular flexibility index (Phi) is 11.0. The number of nitriles is 1. The summed E-state index contributed by atoms with van der Waals surface area (Å²) in [6.07, 6.45) is 2.31. The van der Waals surface area contributed by atoms with E-state index in [1.165, 1.54) is 11.3 Å². The van der Waals surface area contributed by atoms with Gasteiger partial charge in [0, 0.05) is 17.7 Å². The van der Waals surface area contributed by atoms with Crippen LogP contribution >= 0.6 is 11.3 Å². The summed E-state index contributed by atoms with van der Waals surface area (Å²) in [6, 6.07) is 23.4. The highest BCUT2D eigenvalue weighted by Crippen LogP contribution is 2.34. The van der Waals surface area contributed by atoms with Crippen molar-refractivity contribution in [3.8, 4) is 44.9 Å². The highest BCUT2D eigenvalue weighted by Gasteiger charge is 2.32. The van der Waals surface area contributed by atoms with E-state index < -0.39 is 11.9 Å². The van der Waals surface area contributed by atoms with Gasteiger partial charge in [-0.15, -0.1) is 21.5 Å². The number of H-pyrrole nitrogens is 1. The quantitative estimate of drug-likeness (QED) is 0.0868. The molecule has 0 saturated carbocycles. The monoisotopic (exact) mass is 706 g/mol. The molecule has 2 aromatic heterocycles. The van der Waals surface area contributed by atoms with Gasteiger partial charge in [0.2, 0.25) is 11.8 Å². The van der Waals surface area contributed by atoms with Crippen molar-refractivity contribution in [3.63, 3.8) is 0 Å². The first-order chi connectivity index (χ1) is 24.7. The number of aromatic nitrogens is 5. The molecule has 51 heavy (non-hydrogen) atoms. The molecule has 0 aliphatic carbocycles. The lowest BCUT2D eigenvalue weighted by molar-refractivity contribution is 0.0508. The first kappa shape index (κ1) is 35.2. The summed E-state index contributed by atoms with van der Waals surface area (Å²) in [5.41, 5.74) is 5.64. The number of hydrogen-bond donors (Lipinski definition) is 2. The predicted octanol–water partition coefficient (Wildman–Crippen LogP) is 7.79. The highest BCUT2D eigenvalue weighted by atomic mass is 32.1. The number of benzene rings is 3. The van der Waals surface area contributed by atoms with E-state index in [0.29, 0.717) is 57.3 Å². The number of hydrogen-bond acceptors (Lipinski definition) is 11.